The number of amides is 2. The van der Waals surface area contributed by atoms with Crippen LogP contribution >= 0.6 is 0 Å². The summed E-state index contributed by atoms with van der Waals surface area (Å²) in [6.07, 6.45) is 4.91. The smallest absolute Gasteiger partial charge is 0.258 e. The maximum atomic E-state index is 13.0. The van der Waals surface area contributed by atoms with Gasteiger partial charge in [0.1, 0.15) is 0 Å². The van der Waals surface area contributed by atoms with Gasteiger partial charge in [0.15, 0.2) is 11.5 Å². The van der Waals surface area contributed by atoms with Gasteiger partial charge in [0, 0.05) is 55.1 Å². The van der Waals surface area contributed by atoms with E-state index in [9.17, 15) is 14.4 Å². The maximum Gasteiger partial charge on any atom is 0.258 e. The number of hydrogen-bond donors (Lipinski definition) is 1. The van der Waals surface area contributed by atoms with E-state index in [1.54, 1.807) is 22.9 Å². The zero-order chi connectivity index (χ0) is 23.5. The van der Waals surface area contributed by atoms with Gasteiger partial charge in [0.25, 0.3) is 5.56 Å². The van der Waals surface area contributed by atoms with Crippen LogP contribution in [0.25, 0.3) is 10.8 Å². The zero-order valence-corrected chi connectivity index (χ0v) is 18.9. The van der Waals surface area contributed by atoms with Crippen molar-refractivity contribution in [1.82, 2.24) is 9.47 Å². The molecule has 1 N–H and O–H groups in total. The van der Waals surface area contributed by atoms with Crippen molar-refractivity contribution >= 4 is 28.3 Å². The monoisotopic (exact) mass is 461 g/mol. The molecule has 2 aromatic carbocycles. The lowest BCUT2D eigenvalue weighted by Gasteiger charge is -2.16. The van der Waals surface area contributed by atoms with Gasteiger partial charge in [0.05, 0.1) is 0 Å². The Labute approximate surface area is 197 Å². The molecule has 0 aliphatic carbocycles. The molecular weight excluding hydrogens is 434 g/mol. The largest absolute Gasteiger partial charge is 0.454 e. The van der Waals surface area contributed by atoms with Gasteiger partial charge in [-0.25, -0.2) is 0 Å². The second-order valence-electron chi connectivity index (χ2n) is 8.65. The van der Waals surface area contributed by atoms with Crippen LogP contribution in [0.4, 0.5) is 5.69 Å². The van der Waals surface area contributed by atoms with E-state index in [1.807, 2.05) is 35.2 Å². The highest BCUT2D eigenvalue weighted by atomic mass is 16.7. The summed E-state index contributed by atoms with van der Waals surface area (Å²) >= 11 is 0. The third-order valence-electron chi connectivity index (χ3n) is 6.37. The highest BCUT2D eigenvalue weighted by Gasteiger charge is 2.19. The fourth-order valence-corrected chi connectivity index (χ4v) is 4.54. The number of rotatable bonds is 8. The molecule has 8 heteroatoms. The molecule has 0 bridgehead atoms. The number of nitrogens with one attached hydrogen (secondary N) is 1. The van der Waals surface area contributed by atoms with Crippen molar-refractivity contribution in [3.05, 3.63) is 64.6 Å². The van der Waals surface area contributed by atoms with Crippen LogP contribution in [-0.2, 0) is 22.6 Å². The Bertz CT molecular complexity index is 1300. The van der Waals surface area contributed by atoms with Gasteiger partial charge in [-0.05, 0) is 55.2 Å². The Morgan fingerprint density at radius 1 is 1.00 bits per heavy atom. The number of hydrogen-bond acceptors (Lipinski definition) is 5. The zero-order valence-electron chi connectivity index (χ0n) is 18.9. The Kier molecular flexibility index (Phi) is 6.20. The summed E-state index contributed by atoms with van der Waals surface area (Å²) in [6, 6.07) is 12.9. The van der Waals surface area contributed by atoms with Crippen molar-refractivity contribution in [3.8, 4) is 11.5 Å². The number of likely N-dealkylation sites (tertiary alicyclic amines) is 1. The molecule has 1 fully saturated rings. The average molecular weight is 462 g/mol. The van der Waals surface area contributed by atoms with E-state index >= 15 is 0 Å². The van der Waals surface area contributed by atoms with Gasteiger partial charge < -0.3 is 24.3 Å². The van der Waals surface area contributed by atoms with Crippen molar-refractivity contribution in [1.29, 1.82) is 0 Å². The lowest BCUT2D eigenvalue weighted by Crippen LogP contribution is -2.28. The van der Waals surface area contributed by atoms with Crippen LogP contribution < -0.4 is 20.3 Å². The van der Waals surface area contributed by atoms with E-state index in [0.717, 1.165) is 36.1 Å². The molecule has 3 heterocycles. The van der Waals surface area contributed by atoms with Crippen LogP contribution in [-0.4, -0.2) is 41.2 Å². The van der Waals surface area contributed by atoms with Crippen molar-refractivity contribution in [2.24, 2.45) is 0 Å². The second-order valence-corrected chi connectivity index (χ2v) is 8.65. The first-order valence-corrected chi connectivity index (χ1v) is 11.7. The number of pyridine rings is 1. The molecule has 3 aromatic rings. The predicted molar refractivity (Wildman–Crippen MR) is 128 cm³/mol. The number of benzene rings is 2. The van der Waals surface area contributed by atoms with E-state index in [-0.39, 0.29) is 24.2 Å². The molecule has 2 aliphatic heterocycles. The molecule has 0 spiro atoms. The van der Waals surface area contributed by atoms with Gasteiger partial charge in [-0.3, -0.25) is 14.4 Å². The SMILES string of the molecule is O=C(CCc1ccc2c(c1)OCO2)Nc1cccc2c(=O)n(CCCN3CCCC3=O)ccc12. The highest BCUT2D eigenvalue weighted by molar-refractivity contribution is 6.01. The molecule has 0 saturated carbocycles. The first-order chi connectivity index (χ1) is 16.6. The topological polar surface area (TPSA) is 89.9 Å². The molecule has 1 saturated heterocycles. The molecule has 1 aromatic heterocycles. The van der Waals surface area contributed by atoms with Gasteiger partial charge >= 0.3 is 0 Å². The second kappa shape index (κ2) is 9.59. The van der Waals surface area contributed by atoms with Gasteiger partial charge in [0.2, 0.25) is 18.6 Å². The highest BCUT2D eigenvalue weighted by Crippen LogP contribution is 2.32. The number of nitrogens with zero attached hydrogens (tertiary/aromatic N) is 2. The lowest BCUT2D eigenvalue weighted by atomic mass is 10.1. The minimum atomic E-state index is -0.121. The quantitative estimate of drug-likeness (QED) is 0.556. The van der Waals surface area contributed by atoms with E-state index in [1.165, 1.54) is 0 Å². The normalized spacial score (nSPS) is 14.7. The third-order valence-corrected chi connectivity index (χ3v) is 6.37. The molecule has 176 valence electrons. The fraction of sp³-hybridized carbons (Fsp3) is 0.346. The summed E-state index contributed by atoms with van der Waals surface area (Å²) in [5.74, 6) is 1.50. The molecule has 0 atom stereocenters. The van der Waals surface area contributed by atoms with Crippen LogP contribution in [0.3, 0.4) is 0 Å². The Hall–Kier alpha value is -3.81. The van der Waals surface area contributed by atoms with E-state index < -0.39 is 0 Å². The summed E-state index contributed by atoms with van der Waals surface area (Å²) in [5, 5.41) is 4.23. The first-order valence-electron chi connectivity index (χ1n) is 11.7. The lowest BCUT2D eigenvalue weighted by molar-refractivity contribution is -0.127. The first kappa shape index (κ1) is 22.0. The summed E-state index contributed by atoms with van der Waals surface area (Å²) < 4.78 is 12.4. The van der Waals surface area contributed by atoms with Crippen LogP contribution in [0, 0.1) is 0 Å². The van der Waals surface area contributed by atoms with Crippen molar-refractivity contribution < 1.29 is 19.1 Å². The minimum absolute atomic E-state index is 0.0956. The minimum Gasteiger partial charge on any atom is -0.454 e. The van der Waals surface area contributed by atoms with Crippen LogP contribution in [0.2, 0.25) is 0 Å². The van der Waals surface area contributed by atoms with Crippen LogP contribution in [0.1, 0.15) is 31.2 Å². The van der Waals surface area contributed by atoms with E-state index in [2.05, 4.69) is 5.32 Å². The number of aromatic nitrogens is 1. The van der Waals surface area contributed by atoms with Gasteiger partial charge in [-0.1, -0.05) is 12.1 Å². The number of fused-ring (bicyclic) bond motifs is 2. The van der Waals surface area contributed by atoms with Crippen molar-refractivity contribution in [2.75, 3.05) is 25.2 Å². The Balaban J connectivity index is 1.22. The van der Waals surface area contributed by atoms with Gasteiger partial charge in [-0.15, -0.1) is 0 Å². The van der Waals surface area contributed by atoms with Crippen LogP contribution in [0.5, 0.6) is 11.5 Å². The molecule has 0 unspecified atom stereocenters. The fourth-order valence-electron chi connectivity index (χ4n) is 4.54. The predicted octanol–water partition coefficient (Wildman–Crippen LogP) is 3.31. The maximum absolute atomic E-state index is 13.0. The Morgan fingerprint density at radius 3 is 2.74 bits per heavy atom. The molecule has 34 heavy (non-hydrogen) atoms. The summed E-state index contributed by atoms with van der Waals surface area (Å²) in [4.78, 5) is 39.3. The van der Waals surface area contributed by atoms with Gasteiger partial charge in [-0.2, -0.15) is 0 Å². The number of ether oxygens (including phenoxy) is 2. The van der Waals surface area contributed by atoms with Crippen molar-refractivity contribution in [3.63, 3.8) is 0 Å². The number of carbonyl (C=O) groups is 2. The third kappa shape index (κ3) is 4.62. The van der Waals surface area contributed by atoms with E-state index in [0.29, 0.717) is 49.2 Å². The number of aryl methyl sites for hydroxylation is 2. The number of anilines is 1. The molecule has 0 radical (unpaired) electrons. The summed E-state index contributed by atoms with van der Waals surface area (Å²) in [6.45, 7) is 2.25. The average Bonchev–Trinajstić information content (AvgIpc) is 3.48. The molecular formula is C26H27N3O5. The Morgan fingerprint density at radius 2 is 1.88 bits per heavy atom. The standard InChI is InChI=1S/C26H27N3O5/c30-24(10-8-18-7-9-22-23(16-18)34-17-33-22)27-21-5-1-4-20-19(21)11-15-29(26(20)32)14-3-13-28-12-2-6-25(28)31/h1,4-5,7,9,11,15-16H,2-3,6,8,10,12-14,17H2,(H,27,30). The molecule has 5 rings (SSSR count). The summed E-state index contributed by atoms with van der Waals surface area (Å²) in [7, 11) is 0. The van der Waals surface area contributed by atoms with Crippen molar-refractivity contribution in [2.45, 2.75) is 38.6 Å². The summed E-state index contributed by atoms with van der Waals surface area (Å²) in [5.41, 5.74) is 1.53. The molecule has 2 aliphatic rings. The molecule has 8 nitrogen and oxygen atoms in total. The molecule has 2 amide bonds. The van der Waals surface area contributed by atoms with E-state index in [4.69, 9.17) is 9.47 Å². The van der Waals surface area contributed by atoms with Crippen LogP contribution in [0.15, 0.2) is 53.5 Å². The number of carbonyl (C=O) groups excluding carboxylic acids is 2.